The smallest absolute Gasteiger partial charge is 0.0913 e. The van der Waals surface area contributed by atoms with E-state index in [1.807, 2.05) is 19.9 Å². The van der Waals surface area contributed by atoms with E-state index in [1.54, 1.807) is 0 Å². The standard InChI is InChI=1S/C20H34O2/c1-7-14(2)9-10-15-19(5)12-8-11-18(3,4)16(19)13-17(21)20(15,6)22/h7,9,15-17,21-22H,1,8,10-13H2,2-6H3/b14-9+/t15-,16+,17+,19-,20+/m0/s1. The topological polar surface area (TPSA) is 40.5 Å². The van der Waals surface area contributed by atoms with Gasteiger partial charge >= 0.3 is 0 Å². The molecular formula is C20H34O2. The minimum absolute atomic E-state index is 0.0857. The first-order valence-corrected chi connectivity index (χ1v) is 8.75. The van der Waals surface area contributed by atoms with E-state index in [2.05, 4.69) is 33.4 Å². The second-order valence-electron chi connectivity index (χ2n) is 8.82. The van der Waals surface area contributed by atoms with Gasteiger partial charge in [-0.3, -0.25) is 0 Å². The summed E-state index contributed by atoms with van der Waals surface area (Å²) in [6.45, 7) is 14.7. The summed E-state index contributed by atoms with van der Waals surface area (Å²) >= 11 is 0. The number of aliphatic hydroxyl groups excluding tert-OH is 1. The summed E-state index contributed by atoms with van der Waals surface area (Å²) in [7, 11) is 0. The van der Waals surface area contributed by atoms with Gasteiger partial charge in [0.25, 0.3) is 0 Å². The van der Waals surface area contributed by atoms with Crippen molar-refractivity contribution in [2.24, 2.45) is 22.7 Å². The lowest BCUT2D eigenvalue weighted by atomic mass is 9.44. The van der Waals surface area contributed by atoms with E-state index in [0.717, 1.165) is 24.8 Å². The Morgan fingerprint density at radius 2 is 1.86 bits per heavy atom. The highest BCUT2D eigenvalue weighted by molar-refractivity contribution is 5.17. The fourth-order valence-electron chi connectivity index (χ4n) is 5.43. The summed E-state index contributed by atoms with van der Waals surface area (Å²) in [5.74, 6) is 0.551. The number of hydrogen-bond donors (Lipinski definition) is 2. The fraction of sp³-hybridized carbons (Fsp3) is 0.800. The van der Waals surface area contributed by atoms with E-state index >= 15 is 0 Å². The van der Waals surface area contributed by atoms with Crippen molar-refractivity contribution in [2.75, 3.05) is 0 Å². The molecule has 22 heavy (non-hydrogen) atoms. The molecule has 2 saturated carbocycles. The minimum atomic E-state index is -1.02. The predicted octanol–water partition coefficient (Wildman–Crippen LogP) is 4.47. The Morgan fingerprint density at radius 1 is 1.23 bits per heavy atom. The van der Waals surface area contributed by atoms with Crippen LogP contribution in [0.1, 0.15) is 66.7 Å². The summed E-state index contributed by atoms with van der Waals surface area (Å²) in [4.78, 5) is 0. The van der Waals surface area contributed by atoms with Crippen LogP contribution in [-0.2, 0) is 0 Å². The van der Waals surface area contributed by atoms with Gasteiger partial charge in [0.2, 0.25) is 0 Å². The molecule has 0 heterocycles. The van der Waals surface area contributed by atoms with E-state index < -0.39 is 11.7 Å². The maximum absolute atomic E-state index is 11.1. The number of rotatable bonds is 3. The van der Waals surface area contributed by atoms with E-state index in [-0.39, 0.29) is 16.7 Å². The molecule has 2 heteroatoms. The third kappa shape index (κ3) is 2.80. The van der Waals surface area contributed by atoms with Crippen molar-refractivity contribution in [1.82, 2.24) is 0 Å². The average Bonchev–Trinajstić information content (AvgIpc) is 2.40. The quantitative estimate of drug-likeness (QED) is 0.755. The zero-order chi connectivity index (χ0) is 16.8. The second kappa shape index (κ2) is 5.79. The molecule has 2 fully saturated rings. The van der Waals surface area contributed by atoms with Crippen molar-refractivity contribution in [3.8, 4) is 0 Å². The van der Waals surface area contributed by atoms with Crippen molar-refractivity contribution in [3.05, 3.63) is 24.3 Å². The molecule has 0 aromatic rings. The Bertz CT molecular complexity index is 460. The van der Waals surface area contributed by atoms with E-state index in [0.29, 0.717) is 5.92 Å². The first-order valence-electron chi connectivity index (χ1n) is 8.75. The molecule has 126 valence electrons. The van der Waals surface area contributed by atoms with Crippen LogP contribution < -0.4 is 0 Å². The lowest BCUT2D eigenvalue weighted by Crippen LogP contribution is -2.63. The fourth-order valence-corrected chi connectivity index (χ4v) is 5.43. The van der Waals surface area contributed by atoms with Crippen molar-refractivity contribution >= 4 is 0 Å². The van der Waals surface area contributed by atoms with Crippen LogP contribution in [0.4, 0.5) is 0 Å². The molecule has 0 aliphatic heterocycles. The third-order valence-corrected chi connectivity index (χ3v) is 6.91. The Balaban J connectivity index is 2.42. The molecule has 2 aliphatic carbocycles. The van der Waals surface area contributed by atoms with Gasteiger partial charge in [0.05, 0.1) is 11.7 Å². The van der Waals surface area contributed by atoms with Gasteiger partial charge in [-0.2, -0.15) is 0 Å². The predicted molar refractivity (Wildman–Crippen MR) is 92.5 cm³/mol. The molecule has 2 N–H and O–H groups in total. The minimum Gasteiger partial charge on any atom is -0.390 e. The SMILES string of the molecule is C=C/C(C)=C/C[C@@H]1[C@@](C)(O)[C@H](O)C[C@@H]2C(C)(C)CCC[C@]21C. The van der Waals surface area contributed by atoms with E-state index in [4.69, 9.17) is 0 Å². The molecule has 0 amide bonds. The van der Waals surface area contributed by atoms with Crippen LogP contribution in [0, 0.1) is 22.7 Å². The Labute approximate surface area is 136 Å². The van der Waals surface area contributed by atoms with Gasteiger partial charge in [-0.15, -0.1) is 0 Å². The zero-order valence-electron chi connectivity index (χ0n) is 15.0. The van der Waals surface area contributed by atoms with Gasteiger partial charge in [0, 0.05) is 0 Å². The summed E-state index contributed by atoms with van der Waals surface area (Å²) < 4.78 is 0. The van der Waals surface area contributed by atoms with Crippen LogP contribution in [0.5, 0.6) is 0 Å². The average molecular weight is 306 g/mol. The number of fused-ring (bicyclic) bond motifs is 1. The molecule has 0 aromatic heterocycles. The summed E-state index contributed by atoms with van der Waals surface area (Å²) in [6.07, 6.45) is 8.51. The number of allylic oxidation sites excluding steroid dienone is 3. The Kier molecular flexibility index (Phi) is 4.68. The van der Waals surface area contributed by atoms with Crippen molar-refractivity contribution in [1.29, 1.82) is 0 Å². The van der Waals surface area contributed by atoms with Crippen LogP contribution in [0.15, 0.2) is 24.3 Å². The molecule has 0 aromatic carbocycles. The third-order valence-electron chi connectivity index (χ3n) is 6.91. The lowest BCUT2D eigenvalue weighted by molar-refractivity contribution is -0.217. The summed E-state index contributed by atoms with van der Waals surface area (Å²) in [5.41, 5.74) is 0.449. The largest absolute Gasteiger partial charge is 0.390 e. The Hall–Kier alpha value is -0.600. The highest BCUT2D eigenvalue weighted by Crippen LogP contribution is 2.62. The highest BCUT2D eigenvalue weighted by Gasteiger charge is 2.60. The molecule has 2 aliphatic rings. The molecule has 2 nitrogen and oxygen atoms in total. The maximum Gasteiger partial charge on any atom is 0.0913 e. The molecular weight excluding hydrogens is 272 g/mol. The zero-order valence-corrected chi connectivity index (χ0v) is 15.0. The van der Waals surface area contributed by atoms with Gasteiger partial charge in [0.1, 0.15) is 0 Å². The van der Waals surface area contributed by atoms with Crippen molar-refractivity contribution < 1.29 is 10.2 Å². The monoisotopic (exact) mass is 306 g/mol. The van der Waals surface area contributed by atoms with E-state index in [9.17, 15) is 10.2 Å². The molecule has 5 atom stereocenters. The molecule has 0 bridgehead atoms. The maximum atomic E-state index is 11.1. The summed E-state index contributed by atoms with van der Waals surface area (Å²) in [5, 5.41) is 21.7. The van der Waals surface area contributed by atoms with Gasteiger partial charge in [-0.05, 0) is 62.2 Å². The molecule has 0 saturated heterocycles. The molecule has 0 unspecified atom stereocenters. The lowest BCUT2D eigenvalue weighted by Gasteiger charge is -2.62. The van der Waals surface area contributed by atoms with Crippen molar-refractivity contribution in [2.45, 2.75) is 78.4 Å². The molecule has 2 rings (SSSR count). The number of hydrogen-bond acceptors (Lipinski definition) is 2. The summed E-state index contributed by atoms with van der Waals surface area (Å²) in [6, 6.07) is 0. The Morgan fingerprint density at radius 3 is 2.45 bits per heavy atom. The van der Waals surface area contributed by atoms with Crippen molar-refractivity contribution in [3.63, 3.8) is 0 Å². The van der Waals surface area contributed by atoms with Crippen LogP contribution in [0.25, 0.3) is 0 Å². The van der Waals surface area contributed by atoms with Gasteiger partial charge in [0.15, 0.2) is 0 Å². The first-order chi connectivity index (χ1) is 10.1. The van der Waals surface area contributed by atoms with Crippen LogP contribution in [-0.4, -0.2) is 21.9 Å². The highest BCUT2D eigenvalue weighted by atomic mass is 16.3. The normalized spacial score (nSPS) is 45.2. The van der Waals surface area contributed by atoms with Crippen LogP contribution >= 0.6 is 0 Å². The second-order valence-corrected chi connectivity index (χ2v) is 8.82. The van der Waals surface area contributed by atoms with Gasteiger partial charge in [-0.25, -0.2) is 0 Å². The molecule has 0 spiro atoms. The van der Waals surface area contributed by atoms with Gasteiger partial charge < -0.3 is 10.2 Å². The first kappa shape index (κ1) is 17.7. The van der Waals surface area contributed by atoms with Gasteiger partial charge in [-0.1, -0.05) is 51.5 Å². The van der Waals surface area contributed by atoms with Crippen LogP contribution in [0.2, 0.25) is 0 Å². The number of aliphatic hydroxyl groups is 2. The van der Waals surface area contributed by atoms with Crippen LogP contribution in [0.3, 0.4) is 0 Å². The van der Waals surface area contributed by atoms with E-state index in [1.165, 1.54) is 12.8 Å². The molecule has 0 radical (unpaired) electrons.